The normalized spacial score (nSPS) is 10.5. The summed E-state index contributed by atoms with van der Waals surface area (Å²) in [6, 6.07) is 9.84. The van der Waals surface area contributed by atoms with E-state index in [0.717, 1.165) is 17.8 Å². The molecule has 4 nitrogen and oxygen atoms in total. The van der Waals surface area contributed by atoms with E-state index in [1.165, 1.54) is 0 Å². The Balaban J connectivity index is 2.07. The fourth-order valence-corrected chi connectivity index (χ4v) is 1.88. The topological polar surface area (TPSA) is 47.8 Å². The molecule has 1 aromatic heterocycles. The van der Waals surface area contributed by atoms with Crippen LogP contribution < -0.4 is 0 Å². The molecule has 94 valence electrons. The minimum Gasteiger partial charge on any atom is -0.300 e. The van der Waals surface area contributed by atoms with Gasteiger partial charge in [-0.05, 0) is 25.0 Å². The van der Waals surface area contributed by atoms with Crippen LogP contribution in [0.3, 0.4) is 0 Å². The lowest BCUT2D eigenvalue weighted by Gasteiger charge is -2.05. The number of hydrogen-bond acceptors (Lipinski definition) is 3. The Morgan fingerprint density at radius 3 is 2.72 bits per heavy atom. The van der Waals surface area contributed by atoms with Gasteiger partial charge in [0.2, 0.25) is 0 Å². The molecule has 0 radical (unpaired) electrons. The minimum atomic E-state index is 0.304. The summed E-state index contributed by atoms with van der Waals surface area (Å²) >= 11 is 0. The van der Waals surface area contributed by atoms with Gasteiger partial charge in [-0.25, -0.2) is 4.68 Å². The van der Waals surface area contributed by atoms with Gasteiger partial charge >= 0.3 is 0 Å². The molecular weight excluding hydrogens is 226 g/mol. The molecule has 4 heteroatoms. The van der Waals surface area contributed by atoms with Gasteiger partial charge in [0.05, 0.1) is 17.6 Å². The SMILES string of the molecule is CCCC(=O)CCc1cnnn1-c1ccccc1. The number of rotatable bonds is 6. The fraction of sp³-hybridized carbons (Fsp3) is 0.357. The van der Waals surface area contributed by atoms with Crippen molar-refractivity contribution in [3.63, 3.8) is 0 Å². The van der Waals surface area contributed by atoms with Crippen molar-refractivity contribution in [3.8, 4) is 5.69 Å². The molecule has 0 aliphatic rings. The van der Waals surface area contributed by atoms with Gasteiger partial charge in [0.15, 0.2) is 0 Å². The number of ketones is 1. The number of aryl methyl sites for hydroxylation is 1. The maximum Gasteiger partial charge on any atom is 0.133 e. The maximum absolute atomic E-state index is 11.5. The molecule has 0 fully saturated rings. The third kappa shape index (κ3) is 3.03. The molecule has 2 rings (SSSR count). The molecule has 0 atom stereocenters. The minimum absolute atomic E-state index is 0.304. The molecule has 0 saturated heterocycles. The van der Waals surface area contributed by atoms with E-state index < -0.39 is 0 Å². The van der Waals surface area contributed by atoms with E-state index >= 15 is 0 Å². The molecule has 0 aliphatic carbocycles. The standard InChI is InChI=1S/C14H17N3O/c1-2-6-14(18)10-9-13-11-15-16-17(13)12-7-4-3-5-8-12/h3-5,7-8,11H,2,6,9-10H2,1H3. The van der Waals surface area contributed by atoms with E-state index in [2.05, 4.69) is 10.3 Å². The molecule has 0 bridgehead atoms. The summed E-state index contributed by atoms with van der Waals surface area (Å²) in [7, 11) is 0. The first-order valence-electron chi connectivity index (χ1n) is 6.28. The van der Waals surface area contributed by atoms with Crippen LogP contribution >= 0.6 is 0 Å². The van der Waals surface area contributed by atoms with Crippen LogP contribution in [0.2, 0.25) is 0 Å². The lowest BCUT2D eigenvalue weighted by atomic mass is 10.1. The number of para-hydroxylation sites is 1. The van der Waals surface area contributed by atoms with Gasteiger partial charge in [0, 0.05) is 12.8 Å². The monoisotopic (exact) mass is 243 g/mol. The zero-order valence-electron chi connectivity index (χ0n) is 10.5. The summed E-state index contributed by atoms with van der Waals surface area (Å²) < 4.78 is 1.79. The van der Waals surface area contributed by atoms with E-state index in [1.807, 2.05) is 37.3 Å². The molecule has 0 N–H and O–H groups in total. The van der Waals surface area contributed by atoms with E-state index in [-0.39, 0.29) is 0 Å². The molecule has 0 aliphatic heterocycles. The van der Waals surface area contributed by atoms with Crippen LogP contribution in [0.5, 0.6) is 0 Å². The van der Waals surface area contributed by atoms with Crippen LogP contribution in [-0.2, 0) is 11.2 Å². The Hall–Kier alpha value is -1.97. The number of carbonyl (C=O) groups is 1. The predicted octanol–water partition coefficient (Wildman–Crippen LogP) is 2.57. The lowest BCUT2D eigenvalue weighted by Crippen LogP contribution is -2.05. The second kappa shape index (κ2) is 6.10. The van der Waals surface area contributed by atoms with Gasteiger partial charge in [0.25, 0.3) is 0 Å². The maximum atomic E-state index is 11.5. The molecule has 1 aromatic carbocycles. The number of carbonyl (C=O) groups excluding carboxylic acids is 1. The third-order valence-corrected chi connectivity index (χ3v) is 2.81. The Morgan fingerprint density at radius 1 is 1.22 bits per heavy atom. The first kappa shape index (κ1) is 12.5. The van der Waals surface area contributed by atoms with E-state index in [1.54, 1.807) is 10.9 Å². The Morgan fingerprint density at radius 2 is 2.00 bits per heavy atom. The predicted molar refractivity (Wildman–Crippen MR) is 69.6 cm³/mol. The van der Waals surface area contributed by atoms with Crippen LogP contribution in [0.25, 0.3) is 5.69 Å². The summed E-state index contributed by atoms with van der Waals surface area (Å²) in [5.74, 6) is 0.304. The molecule has 18 heavy (non-hydrogen) atoms. The number of hydrogen-bond donors (Lipinski definition) is 0. The van der Waals surface area contributed by atoms with Crippen LogP contribution in [0, 0.1) is 0 Å². The van der Waals surface area contributed by atoms with Crippen molar-refractivity contribution in [1.29, 1.82) is 0 Å². The van der Waals surface area contributed by atoms with Gasteiger partial charge in [0.1, 0.15) is 5.78 Å². The average Bonchev–Trinajstić information content (AvgIpc) is 2.86. The lowest BCUT2D eigenvalue weighted by molar-refractivity contribution is -0.119. The van der Waals surface area contributed by atoms with Gasteiger partial charge in [-0.15, -0.1) is 5.10 Å². The Kier molecular flexibility index (Phi) is 4.23. The Bertz CT molecular complexity index is 505. The first-order valence-corrected chi connectivity index (χ1v) is 6.28. The van der Waals surface area contributed by atoms with Crippen molar-refractivity contribution in [2.75, 3.05) is 0 Å². The van der Waals surface area contributed by atoms with Crippen LogP contribution in [0.15, 0.2) is 36.5 Å². The van der Waals surface area contributed by atoms with Crippen molar-refractivity contribution in [1.82, 2.24) is 15.0 Å². The van der Waals surface area contributed by atoms with Gasteiger partial charge < -0.3 is 0 Å². The third-order valence-electron chi connectivity index (χ3n) is 2.81. The largest absolute Gasteiger partial charge is 0.300 e. The summed E-state index contributed by atoms with van der Waals surface area (Å²) in [5, 5.41) is 7.99. The highest BCUT2D eigenvalue weighted by molar-refractivity contribution is 5.78. The first-order chi connectivity index (χ1) is 8.81. The van der Waals surface area contributed by atoms with Crippen molar-refractivity contribution in [2.45, 2.75) is 32.6 Å². The molecule has 0 spiro atoms. The fourth-order valence-electron chi connectivity index (χ4n) is 1.88. The molecule has 1 heterocycles. The zero-order valence-corrected chi connectivity index (χ0v) is 10.5. The molecular formula is C14H17N3O. The summed E-state index contributed by atoms with van der Waals surface area (Å²) in [5.41, 5.74) is 1.96. The van der Waals surface area contributed by atoms with Crippen molar-refractivity contribution in [2.24, 2.45) is 0 Å². The highest BCUT2D eigenvalue weighted by Crippen LogP contribution is 2.11. The number of Topliss-reactive ketones (excluding diaryl/α,β-unsaturated/α-hetero) is 1. The van der Waals surface area contributed by atoms with Crippen molar-refractivity contribution in [3.05, 3.63) is 42.2 Å². The summed E-state index contributed by atoms with van der Waals surface area (Å²) in [6.07, 6.45) is 4.56. The molecule has 0 unspecified atom stereocenters. The second-order valence-corrected chi connectivity index (χ2v) is 4.26. The van der Waals surface area contributed by atoms with Gasteiger partial charge in [-0.1, -0.05) is 30.3 Å². The zero-order chi connectivity index (χ0) is 12.8. The number of aromatic nitrogens is 3. The van der Waals surface area contributed by atoms with Gasteiger partial charge in [-0.3, -0.25) is 4.79 Å². The Labute approximate surface area is 107 Å². The van der Waals surface area contributed by atoms with Crippen LogP contribution in [-0.4, -0.2) is 20.8 Å². The van der Waals surface area contributed by atoms with E-state index in [0.29, 0.717) is 25.0 Å². The molecule has 0 saturated carbocycles. The van der Waals surface area contributed by atoms with Crippen molar-refractivity contribution >= 4 is 5.78 Å². The second-order valence-electron chi connectivity index (χ2n) is 4.26. The average molecular weight is 243 g/mol. The highest BCUT2D eigenvalue weighted by Gasteiger charge is 2.08. The quantitative estimate of drug-likeness (QED) is 0.783. The van der Waals surface area contributed by atoms with E-state index in [9.17, 15) is 4.79 Å². The smallest absolute Gasteiger partial charge is 0.133 e. The van der Waals surface area contributed by atoms with Crippen LogP contribution in [0.1, 0.15) is 31.9 Å². The van der Waals surface area contributed by atoms with E-state index in [4.69, 9.17) is 0 Å². The highest BCUT2D eigenvalue weighted by atomic mass is 16.1. The number of benzene rings is 1. The summed E-state index contributed by atoms with van der Waals surface area (Å²) in [6.45, 7) is 2.02. The summed E-state index contributed by atoms with van der Waals surface area (Å²) in [4.78, 5) is 11.5. The van der Waals surface area contributed by atoms with Gasteiger partial charge in [-0.2, -0.15) is 0 Å². The molecule has 2 aromatic rings. The van der Waals surface area contributed by atoms with Crippen molar-refractivity contribution < 1.29 is 4.79 Å². The number of nitrogens with zero attached hydrogens (tertiary/aromatic N) is 3. The molecule has 0 amide bonds. The van der Waals surface area contributed by atoms with Crippen LogP contribution in [0.4, 0.5) is 0 Å².